The highest BCUT2D eigenvalue weighted by Crippen LogP contribution is 2.69. The van der Waals surface area contributed by atoms with Crippen LogP contribution < -0.4 is 16.6 Å². The summed E-state index contributed by atoms with van der Waals surface area (Å²) in [5, 5.41) is 2.57. The Morgan fingerprint density at radius 1 is 1.19 bits per heavy atom. The van der Waals surface area contributed by atoms with Crippen molar-refractivity contribution in [2.45, 2.75) is 38.3 Å². The zero-order valence-electron chi connectivity index (χ0n) is 17.0. The number of hydrogen-bond donors (Lipinski definition) is 2. The van der Waals surface area contributed by atoms with Crippen LogP contribution in [0.5, 0.6) is 0 Å². The number of fused-ring (bicyclic) bond motifs is 1. The SMILES string of the molecule is C[C@@H](NC(=O)[C@@H](n1c(=O)[nH]c2ccc(F)cc2c1=O)C12CC(C1)C2)c1ncc(F)cc1F. The lowest BCUT2D eigenvalue weighted by Gasteiger charge is -2.64. The number of aromatic amines is 1. The normalized spacial score (nSPS) is 23.2. The van der Waals surface area contributed by atoms with Crippen molar-refractivity contribution in [3.63, 3.8) is 0 Å². The van der Waals surface area contributed by atoms with Gasteiger partial charge in [-0.3, -0.25) is 14.6 Å². The molecule has 0 saturated heterocycles. The fourth-order valence-corrected chi connectivity index (χ4v) is 5.09. The molecule has 0 unspecified atom stereocenters. The second-order valence-corrected chi connectivity index (χ2v) is 8.79. The summed E-state index contributed by atoms with van der Waals surface area (Å²) in [7, 11) is 0. The molecule has 3 aliphatic rings. The first-order chi connectivity index (χ1) is 15.2. The van der Waals surface area contributed by atoms with Crippen molar-refractivity contribution < 1.29 is 18.0 Å². The van der Waals surface area contributed by atoms with Crippen molar-refractivity contribution in [2.75, 3.05) is 0 Å². The molecular weight excluding hydrogens is 425 g/mol. The van der Waals surface area contributed by atoms with Gasteiger partial charge >= 0.3 is 5.69 Å². The Labute approximate surface area is 179 Å². The number of halogens is 3. The molecule has 2 atom stereocenters. The Balaban J connectivity index is 1.57. The molecule has 3 aliphatic carbocycles. The molecule has 10 heteroatoms. The van der Waals surface area contributed by atoms with Crippen molar-refractivity contribution in [1.82, 2.24) is 19.9 Å². The molecule has 6 rings (SSSR count). The number of benzene rings is 1. The topological polar surface area (TPSA) is 96.9 Å². The number of H-pyrrole nitrogens is 1. The quantitative estimate of drug-likeness (QED) is 0.633. The third-order valence-electron chi connectivity index (χ3n) is 6.67. The van der Waals surface area contributed by atoms with Crippen LogP contribution in [-0.4, -0.2) is 20.4 Å². The summed E-state index contributed by atoms with van der Waals surface area (Å²) in [5.41, 5.74) is -2.12. The number of hydrogen-bond acceptors (Lipinski definition) is 4. The van der Waals surface area contributed by atoms with Crippen LogP contribution in [0.15, 0.2) is 40.1 Å². The second kappa shape index (κ2) is 7.04. The minimum absolute atomic E-state index is 0.0479. The van der Waals surface area contributed by atoms with E-state index in [1.54, 1.807) is 0 Å². The first kappa shape index (κ1) is 20.5. The first-order valence-corrected chi connectivity index (χ1v) is 10.2. The van der Waals surface area contributed by atoms with Gasteiger partial charge in [-0.05, 0) is 50.3 Å². The van der Waals surface area contributed by atoms with Crippen LogP contribution in [0.25, 0.3) is 10.9 Å². The summed E-state index contributed by atoms with van der Waals surface area (Å²) >= 11 is 0. The van der Waals surface area contributed by atoms with E-state index in [1.165, 1.54) is 13.0 Å². The minimum Gasteiger partial charge on any atom is -0.346 e. The highest BCUT2D eigenvalue weighted by molar-refractivity contribution is 5.83. The number of pyridine rings is 1. The molecule has 2 bridgehead atoms. The van der Waals surface area contributed by atoms with Gasteiger partial charge in [0, 0.05) is 11.5 Å². The molecule has 0 aliphatic heterocycles. The molecule has 7 nitrogen and oxygen atoms in total. The maximum Gasteiger partial charge on any atom is 0.329 e. The molecule has 0 radical (unpaired) electrons. The van der Waals surface area contributed by atoms with Gasteiger partial charge in [0.2, 0.25) is 5.91 Å². The van der Waals surface area contributed by atoms with Crippen LogP contribution in [0.2, 0.25) is 0 Å². The van der Waals surface area contributed by atoms with Crippen LogP contribution in [0.1, 0.15) is 44.0 Å². The molecule has 2 N–H and O–H groups in total. The fraction of sp³-hybridized carbons (Fsp3) is 0.364. The maximum atomic E-state index is 14.1. The van der Waals surface area contributed by atoms with Crippen LogP contribution in [0, 0.1) is 28.8 Å². The van der Waals surface area contributed by atoms with Crippen molar-refractivity contribution in [3.8, 4) is 0 Å². The number of nitrogens with one attached hydrogen (secondary N) is 2. The van der Waals surface area contributed by atoms with Crippen molar-refractivity contribution in [1.29, 1.82) is 0 Å². The number of carbonyl (C=O) groups excluding carboxylic acids is 1. The van der Waals surface area contributed by atoms with Gasteiger partial charge in [-0.2, -0.15) is 0 Å². The number of rotatable bonds is 5. The molecule has 3 aromatic rings. The van der Waals surface area contributed by atoms with Crippen LogP contribution in [0.4, 0.5) is 13.2 Å². The highest BCUT2D eigenvalue weighted by atomic mass is 19.1. The van der Waals surface area contributed by atoms with Gasteiger partial charge in [-0.25, -0.2) is 22.5 Å². The zero-order valence-corrected chi connectivity index (χ0v) is 17.0. The maximum absolute atomic E-state index is 14.1. The smallest absolute Gasteiger partial charge is 0.329 e. The summed E-state index contributed by atoms with van der Waals surface area (Å²) in [6, 6.07) is 2.00. The van der Waals surface area contributed by atoms with Gasteiger partial charge in [0.1, 0.15) is 23.5 Å². The molecule has 1 amide bonds. The molecule has 0 spiro atoms. The third-order valence-corrected chi connectivity index (χ3v) is 6.67. The summed E-state index contributed by atoms with van der Waals surface area (Å²) in [6.07, 6.45) is 2.87. The molecule has 3 saturated carbocycles. The third kappa shape index (κ3) is 3.04. The average molecular weight is 444 g/mol. The van der Waals surface area contributed by atoms with E-state index in [1.807, 2.05) is 0 Å². The van der Waals surface area contributed by atoms with Gasteiger partial charge in [0.05, 0.1) is 28.8 Å². The van der Waals surface area contributed by atoms with E-state index < -0.39 is 52.1 Å². The predicted octanol–water partition coefficient (Wildman–Crippen LogP) is 2.72. The Morgan fingerprint density at radius 3 is 2.53 bits per heavy atom. The number of nitrogens with zero attached hydrogens (tertiary/aromatic N) is 2. The zero-order chi connectivity index (χ0) is 22.8. The van der Waals surface area contributed by atoms with Crippen LogP contribution in [0.3, 0.4) is 0 Å². The monoisotopic (exact) mass is 444 g/mol. The summed E-state index contributed by atoms with van der Waals surface area (Å²) in [6.45, 7) is 1.48. The lowest BCUT2D eigenvalue weighted by atomic mass is 9.41. The van der Waals surface area contributed by atoms with Crippen LogP contribution in [-0.2, 0) is 4.79 Å². The molecule has 2 aromatic heterocycles. The largest absolute Gasteiger partial charge is 0.346 e. The lowest BCUT2D eigenvalue weighted by molar-refractivity contribution is -0.165. The molecule has 32 heavy (non-hydrogen) atoms. The van der Waals surface area contributed by atoms with Crippen molar-refractivity contribution in [3.05, 3.63) is 74.4 Å². The van der Waals surface area contributed by atoms with Gasteiger partial charge in [0.15, 0.2) is 0 Å². The Hall–Kier alpha value is -3.43. The molecule has 3 fully saturated rings. The Kier molecular flexibility index (Phi) is 4.51. The number of carbonyl (C=O) groups is 1. The van der Waals surface area contributed by atoms with Gasteiger partial charge in [0.25, 0.3) is 5.56 Å². The molecule has 1 aromatic carbocycles. The average Bonchev–Trinajstić information content (AvgIpc) is 2.65. The minimum atomic E-state index is -1.15. The summed E-state index contributed by atoms with van der Waals surface area (Å²) in [4.78, 5) is 45.7. The number of amides is 1. The van der Waals surface area contributed by atoms with E-state index >= 15 is 0 Å². The van der Waals surface area contributed by atoms with Gasteiger partial charge in [-0.1, -0.05) is 0 Å². The predicted molar refractivity (Wildman–Crippen MR) is 108 cm³/mol. The molecule has 2 heterocycles. The van der Waals surface area contributed by atoms with E-state index in [0.29, 0.717) is 31.2 Å². The second-order valence-electron chi connectivity index (χ2n) is 8.79. The lowest BCUT2D eigenvalue weighted by Crippen LogP contribution is -2.63. The van der Waals surface area contributed by atoms with E-state index in [0.717, 1.165) is 22.9 Å². The van der Waals surface area contributed by atoms with E-state index in [4.69, 9.17) is 0 Å². The fourth-order valence-electron chi connectivity index (χ4n) is 5.09. The van der Waals surface area contributed by atoms with Gasteiger partial charge in [-0.15, -0.1) is 0 Å². The Bertz CT molecular complexity index is 1370. The van der Waals surface area contributed by atoms with E-state index in [9.17, 15) is 27.6 Å². The summed E-state index contributed by atoms with van der Waals surface area (Å²) < 4.78 is 41.9. The van der Waals surface area contributed by atoms with Gasteiger partial charge < -0.3 is 10.3 Å². The van der Waals surface area contributed by atoms with Crippen molar-refractivity contribution in [2.24, 2.45) is 11.3 Å². The Morgan fingerprint density at radius 2 is 1.91 bits per heavy atom. The highest BCUT2D eigenvalue weighted by Gasteiger charge is 2.63. The van der Waals surface area contributed by atoms with E-state index in [-0.39, 0.29) is 16.6 Å². The number of aromatic nitrogens is 3. The molecular formula is C22H19F3N4O3. The van der Waals surface area contributed by atoms with E-state index in [2.05, 4.69) is 15.3 Å². The molecule has 166 valence electrons. The van der Waals surface area contributed by atoms with Crippen molar-refractivity contribution >= 4 is 16.8 Å². The first-order valence-electron chi connectivity index (χ1n) is 10.2. The van der Waals surface area contributed by atoms with Crippen LogP contribution >= 0.6 is 0 Å². The summed E-state index contributed by atoms with van der Waals surface area (Å²) in [5.74, 6) is -2.63. The standard InChI is InChI=1S/C22H19F3N4O3/c1-10(17-15(25)5-13(24)9-26-17)27-19(30)18(22-6-11(7-22)8-22)29-20(31)14-4-12(23)2-3-16(14)28-21(29)32/h2-5,9-11,18H,6-8H2,1H3,(H,27,30)(H,28,32)/t10-,11?,18-,22?/m1/s1.